The average Bonchev–Trinajstić information content (AvgIpc) is 2.96. The number of Topliss-reactive ketones (excluding diaryl/α,β-unsaturated/α-hetero) is 2. The van der Waals surface area contributed by atoms with E-state index in [1.165, 1.54) is 41.2 Å². The van der Waals surface area contributed by atoms with E-state index in [1.54, 1.807) is 13.1 Å². The lowest BCUT2D eigenvalue weighted by molar-refractivity contribution is 0.0664. The maximum absolute atomic E-state index is 12.8. The van der Waals surface area contributed by atoms with Gasteiger partial charge in [-0.05, 0) is 24.3 Å². The number of ether oxygens (including phenoxy) is 1. The van der Waals surface area contributed by atoms with Gasteiger partial charge in [0.1, 0.15) is 5.75 Å². The van der Waals surface area contributed by atoms with Crippen molar-refractivity contribution < 1.29 is 23.1 Å². The van der Waals surface area contributed by atoms with Crippen molar-refractivity contribution in [1.82, 2.24) is 9.55 Å². The quantitative estimate of drug-likeness (QED) is 0.593. The Morgan fingerprint density at radius 1 is 1.36 bits per heavy atom. The van der Waals surface area contributed by atoms with E-state index in [2.05, 4.69) is 4.98 Å². The van der Waals surface area contributed by atoms with E-state index in [4.69, 9.17) is 4.74 Å². The highest BCUT2D eigenvalue weighted by atomic mass is 19.3. The van der Waals surface area contributed by atoms with Gasteiger partial charge in [0.15, 0.2) is 23.6 Å². The van der Waals surface area contributed by atoms with Gasteiger partial charge in [-0.25, -0.2) is 13.8 Å². The van der Waals surface area contributed by atoms with Crippen LogP contribution in [0.15, 0.2) is 36.7 Å². The summed E-state index contributed by atoms with van der Waals surface area (Å²) in [6.45, 7) is 0. The molecule has 2 atom stereocenters. The minimum Gasteiger partial charge on any atom is -0.484 e. The zero-order valence-electron chi connectivity index (χ0n) is 13.1. The third kappa shape index (κ3) is 3.26. The monoisotopic (exact) mass is 345 g/mol. The third-order valence-corrected chi connectivity index (χ3v) is 3.88. The molecule has 2 aromatic rings. The van der Waals surface area contributed by atoms with Crippen LogP contribution in [0.25, 0.3) is 0 Å². The van der Waals surface area contributed by atoms with E-state index in [1.807, 2.05) is 0 Å². The molecule has 0 amide bonds. The molecule has 1 aliphatic carbocycles. The first kappa shape index (κ1) is 16.8. The Morgan fingerprint density at radius 3 is 2.48 bits per heavy atom. The molecular formula is C17H13F2N3O3. The van der Waals surface area contributed by atoms with E-state index >= 15 is 0 Å². The van der Waals surface area contributed by atoms with Gasteiger partial charge < -0.3 is 9.30 Å². The summed E-state index contributed by atoms with van der Waals surface area (Å²) in [6, 6.07) is 7.11. The molecule has 3 rings (SSSR count). The van der Waals surface area contributed by atoms with Crippen LogP contribution in [0, 0.1) is 17.2 Å². The van der Waals surface area contributed by atoms with Gasteiger partial charge in [0, 0.05) is 25.0 Å². The number of hydrogen-bond donors (Lipinski definition) is 0. The molecular weight excluding hydrogens is 332 g/mol. The van der Waals surface area contributed by atoms with E-state index in [9.17, 15) is 23.6 Å². The molecule has 1 saturated carbocycles. The predicted octanol–water partition coefficient (Wildman–Crippen LogP) is 2.41. The highest BCUT2D eigenvalue weighted by molar-refractivity contribution is 6.16. The van der Waals surface area contributed by atoms with Crippen molar-refractivity contribution in [3.63, 3.8) is 0 Å². The van der Waals surface area contributed by atoms with Gasteiger partial charge in [0.05, 0.1) is 12.5 Å². The maximum atomic E-state index is 12.8. The summed E-state index contributed by atoms with van der Waals surface area (Å²) in [5.41, 5.74) is 0.115. The minimum atomic E-state index is -2.81. The van der Waals surface area contributed by atoms with Gasteiger partial charge >= 0.3 is 0 Å². The maximum Gasteiger partial charge on any atom is 0.288 e. The number of benzene rings is 1. The lowest BCUT2D eigenvalue weighted by atomic mass is 9.94. The fraction of sp³-hybridized carbons (Fsp3) is 0.294. The number of nitriles is 1. The van der Waals surface area contributed by atoms with Crippen LogP contribution in [0.3, 0.4) is 0 Å². The van der Waals surface area contributed by atoms with Gasteiger partial charge in [-0.2, -0.15) is 5.26 Å². The van der Waals surface area contributed by atoms with E-state index in [0.29, 0.717) is 0 Å². The molecule has 0 aliphatic heterocycles. The SMILES string of the molecule is Cn1ccnc1C(=O)C(C#N)C(=O)c1ccc(OC2CC2(F)F)cc1. The molecule has 0 spiro atoms. The number of ketones is 2. The topological polar surface area (TPSA) is 85.0 Å². The molecule has 0 N–H and O–H groups in total. The predicted molar refractivity (Wildman–Crippen MR) is 81.4 cm³/mol. The molecule has 1 aromatic carbocycles. The Labute approximate surface area is 141 Å². The molecule has 1 aromatic heterocycles. The van der Waals surface area contributed by atoms with E-state index in [0.717, 1.165) is 0 Å². The molecule has 0 saturated heterocycles. The molecule has 6 nitrogen and oxygen atoms in total. The fourth-order valence-corrected chi connectivity index (χ4v) is 2.31. The number of carbonyl (C=O) groups is 2. The van der Waals surface area contributed by atoms with Crippen molar-refractivity contribution in [2.45, 2.75) is 18.4 Å². The summed E-state index contributed by atoms with van der Waals surface area (Å²) in [5, 5.41) is 9.22. The second-order valence-electron chi connectivity index (χ2n) is 5.75. The fourth-order valence-electron chi connectivity index (χ4n) is 2.31. The standard InChI is InChI=1S/C17H13F2N3O3/c1-22-7-6-21-16(22)15(24)12(9-20)14(23)10-2-4-11(5-3-10)25-13-8-17(13,18)19/h2-7,12-13H,8H2,1H3. The number of aryl methyl sites for hydroxylation is 1. The second-order valence-corrected chi connectivity index (χ2v) is 5.75. The zero-order valence-corrected chi connectivity index (χ0v) is 13.1. The van der Waals surface area contributed by atoms with Crippen LogP contribution in [-0.4, -0.2) is 33.1 Å². The van der Waals surface area contributed by atoms with Crippen LogP contribution in [0.1, 0.15) is 27.4 Å². The molecule has 25 heavy (non-hydrogen) atoms. The highest BCUT2D eigenvalue weighted by Gasteiger charge is 2.59. The highest BCUT2D eigenvalue weighted by Crippen LogP contribution is 2.44. The van der Waals surface area contributed by atoms with Gasteiger partial charge in [0.2, 0.25) is 5.78 Å². The summed E-state index contributed by atoms with van der Waals surface area (Å²) in [6.07, 6.45) is 1.45. The lowest BCUT2D eigenvalue weighted by Gasteiger charge is -2.09. The van der Waals surface area contributed by atoms with Crippen molar-refractivity contribution in [2.75, 3.05) is 0 Å². The molecule has 1 heterocycles. The van der Waals surface area contributed by atoms with E-state index in [-0.39, 0.29) is 23.6 Å². The van der Waals surface area contributed by atoms with Crippen molar-refractivity contribution in [1.29, 1.82) is 5.26 Å². The zero-order chi connectivity index (χ0) is 18.2. The number of nitrogens with zero attached hydrogens (tertiary/aromatic N) is 3. The number of alkyl halides is 2. The van der Waals surface area contributed by atoms with Crippen LogP contribution in [0.5, 0.6) is 5.75 Å². The van der Waals surface area contributed by atoms with Crippen LogP contribution < -0.4 is 4.74 Å². The molecule has 0 radical (unpaired) electrons. The Morgan fingerprint density at radius 2 is 2.00 bits per heavy atom. The average molecular weight is 345 g/mol. The number of halogens is 2. The van der Waals surface area contributed by atoms with Gasteiger partial charge in [-0.3, -0.25) is 9.59 Å². The number of aromatic nitrogens is 2. The smallest absolute Gasteiger partial charge is 0.288 e. The Bertz CT molecular complexity index is 868. The van der Waals surface area contributed by atoms with Crippen molar-refractivity contribution in [3.05, 3.63) is 48.0 Å². The number of imidazole rings is 1. The molecule has 8 heteroatoms. The summed E-state index contributed by atoms with van der Waals surface area (Å²) in [7, 11) is 1.58. The first-order valence-corrected chi connectivity index (χ1v) is 7.43. The van der Waals surface area contributed by atoms with Crippen molar-refractivity contribution >= 4 is 11.6 Å². The Hall–Kier alpha value is -3.08. The van der Waals surface area contributed by atoms with Gasteiger partial charge in [-0.1, -0.05) is 0 Å². The largest absolute Gasteiger partial charge is 0.484 e. The summed E-state index contributed by atoms with van der Waals surface area (Å²) in [4.78, 5) is 28.6. The number of rotatable bonds is 6. The summed E-state index contributed by atoms with van der Waals surface area (Å²) >= 11 is 0. The first-order valence-electron chi connectivity index (χ1n) is 7.43. The number of carbonyl (C=O) groups excluding carboxylic acids is 2. The molecule has 0 bridgehead atoms. The molecule has 1 fully saturated rings. The summed E-state index contributed by atoms with van der Waals surface area (Å²) < 4.78 is 32.2. The minimum absolute atomic E-state index is 0.0100. The second kappa shape index (κ2) is 6.09. The van der Waals surface area contributed by atoms with Crippen molar-refractivity contribution in [2.24, 2.45) is 13.0 Å². The lowest BCUT2D eigenvalue weighted by Crippen LogP contribution is -2.25. The van der Waals surface area contributed by atoms with Crippen LogP contribution in [0.4, 0.5) is 8.78 Å². The van der Waals surface area contributed by atoms with Crippen LogP contribution >= 0.6 is 0 Å². The molecule has 2 unspecified atom stereocenters. The Balaban J connectivity index is 1.74. The Kier molecular flexibility index (Phi) is 4.08. The van der Waals surface area contributed by atoms with Crippen molar-refractivity contribution in [3.8, 4) is 11.8 Å². The number of hydrogen-bond acceptors (Lipinski definition) is 5. The first-order chi connectivity index (χ1) is 11.8. The third-order valence-electron chi connectivity index (χ3n) is 3.88. The van der Waals surface area contributed by atoms with Gasteiger partial charge in [-0.15, -0.1) is 0 Å². The van der Waals surface area contributed by atoms with E-state index < -0.39 is 29.5 Å². The van der Waals surface area contributed by atoms with Crippen LogP contribution in [0.2, 0.25) is 0 Å². The normalized spacial score (nSPS) is 18.9. The summed E-state index contributed by atoms with van der Waals surface area (Å²) in [5.74, 6) is -5.51. The molecule has 1 aliphatic rings. The molecule has 128 valence electrons. The van der Waals surface area contributed by atoms with Gasteiger partial charge in [0.25, 0.3) is 5.92 Å². The van der Waals surface area contributed by atoms with Crippen LogP contribution in [-0.2, 0) is 7.05 Å².